The lowest BCUT2D eigenvalue weighted by molar-refractivity contribution is 0.232. The van der Waals surface area contributed by atoms with Gasteiger partial charge in [-0.15, -0.1) is 11.8 Å². The van der Waals surface area contributed by atoms with E-state index in [2.05, 4.69) is 11.6 Å². The maximum Gasteiger partial charge on any atom is 0.321 e. The van der Waals surface area contributed by atoms with Gasteiger partial charge >= 0.3 is 6.03 Å². The summed E-state index contributed by atoms with van der Waals surface area (Å²) in [7, 11) is -3.37. The number of urea groups is 1. The van der Waals surface area contributed by atoms with Crippen LogP contribution in [-0.2, 0) is 10.0 Å². The Balaban J connectivity index is 2.04. The molecule has 1 fully saturated rings. The summed E-state index contributed by atoms with van der Waals surface area (Å²) in [4.78, 5) is 15.8. The fourth-order valence-corrected chi connectivity index (χ4v) is 4.95. The van der Waals surface area contributed by atoms with Crippen molar-refractivity contribution in [1.29, 1.82) is 0 Å². The van der Waals surface area contributed by atoms with Crippen molar-refractivity contribution in [2.24, 2.45) is 5.73 Å². The molecule has 3 N–H and O–H groups in total. The lowest BCUT2D eigenvalue weighted by Crippen LogP contribution is -2.43. The molecular formula is C13H16N4O3S3. The van der Waals surface area contributed by atoms with E-state index in [-0.39, 0.29) is 11.3 Å². The number of anilines is 2. The number of benzene rings is 1. The SMILES string of the molecule is CC1Sc2ccc(NS(C)(=O)=O)cc2N2C(=S)N(C(N)=O)CC12. The van der Waals surface area contributed by atoms with Crippen LogP contribution >= 0.6 is 24.0 Å². The Hall–Kier alpha value is -1.52. The van der Waals surface area contributed by atoms with Crippen LogP contribution in [0.15, 0.2) is 23.1 Å². The molecular weight excluding hydrogens is 356 g/mol. The molecule has 2 heterocycles. The van der Waals surface area contributed by atoms with Gasteiger partial charge in [0.2, 0.25) is 10.0 Å². The van der Waals surface area contributed by atoms with Crippen LogP contribution < -0.4 is 15.4 Å². The van der Waals surface area contributed by atoms with Crippen molar-refractivity contribution in [3.8, 4) is 0 Å². The highest BCUT2D eigenvalue weighted by Crippen LogP contribution is 2.45. The first-order chi connectivity index (χ1) is 10.7. The number of thiocarbonyl (C=S) groups is 1. The van der Waals surface area contributed by atoms with Gasteiger partial charge in [-0.2, -0.15) is 0 Å². The van der Waals surface area contributed by atoms with Crippen molar-refractivity contribution in [3.63, 3.8) is 0 Å². The highest BCUT2D eigenvalue weighted by molar-refractivity contribution is 8.00. The third-order valence-corrected chi connectivity index (χ3v) is 6.09. The minimum Gasteiger partial charge on any atom is -0.351 e. The first kappa shape index (κ1) is 16.3. The lowest BCUT2D eigenvalue weighted by Gasteiger charge is -2.36. The number of nitrogens with one attached hydrogen (secondary N) is 1. The molecule has 0 spiro atoms. The maximum atomic E-state index is 11.6. The molecule has 1 saturated heterocycles. The largest absolute Gasteiger partial charge is 0.351 e. The van der Waals surface area contributed by atoms with Crippen LogP contribution in [0.3, 0.4) is 0 Å². The Morgan fingerprint density at radius 1 is 1.48 bits per heavy atom. The van der Waals surface area contributed by atoms with Gasteiger partial charge in [0.1, 0.15) is 0 Å². The Labute approximate surface area is 144 Å². The molecule has 0 saturated carbocycles. The fraction of sp³-hybridized carbons (Fsp3) is 0.385. The summed E-state index contributed by atoms with van der Waals surface area (Å²) in [5, 5.41) is 0.575. The van der Waals surface area contributed by atoms with Crippen LogP contribution in [-0.4, -0.2) is 48.6 Å². The van der Waals surface area contributed by atoms with Gasteiger partial charge in [-0.3, -0.25) is 9.62 Å². The van der Waals surface area contributed by atoms with E-state index >= 15 is 0 Å². The zero-order chi connectivity index (χ0) is 16.9. The van der Waals surface area contributed by atoms with Crippen LogP contribution in [0.25, 0.3) is 0 Å². The molecule has 2 unspecified atom stereocenters. The highest BCUT2D eigenvalue weighted by Gasteiger charge is 2.44. The number of thioether (sulfide) groups is 1. The molecule has 2 amide bonds. The van der Waals surface area contributed by atoms with Crippen molar-refractivity contribution in [2.45, 2.75) is 23.1 Å². The molecule has 10 heteroatoms. The quantitative estimate of drug-likeness (QED) is 0.762. The number of nitrogens with two attached hydrogens (primary N) is 1. The van der Waals surface area contributed by atoms with E-state index in [0.717, 1.165) is 16.8 Å². The number of amides is 2. The van der Waals surface area contributed by atoms with Gasteiger partial charge in [0.15, 0.2) is 5.11 Å². The van der Waals surface area contributed by atoms with Gasteiger partial charge in [0.05, 0.1) is 30.2 Å². The normalized spacial score (nSPS) is 23.5. The number of primary amides is 1. The molecule has 0 radical (unpaired) electrons. The summed E-state index contributed by atoms with van der Waals surface area (Å²) in [6.07, 6.45) is 1.10. The fourth-order valence-electron chi connectivity index (χ4n) is 2.80. The van der Waals surface area contributed by atoms with Gasteiger partial charge in [0.25, 0.3) is 0 Å². The first-order valence-electron chi connectivity index (χ1n) is 6.86. The molecule has 0 aliphatic carbocycles. The minimum absolute atomic E-state index is 0.0148. The topological polar surface area (TPSA) is 95.7 Å². The molecule has 1 aromatic carbocycles. The molecule has 23 heavy (non-hydrogen) atoms. The van der Waals surface area contributed by atoms with Gasteiger partial charge < -0.3 is 10.6 Å². The zero-order valence-corrected chi connectivity index (χ0v) is 15.0. The highest BCUT2D eigenvalue weighted by atomic mass is 32.2. The Morgan fingerprint density at radius 2 is 2.17 bits per heavy atom. The molecule has 2 aliphatic heterocycles. The summed E-state index contributed by atoms with van der Waals surface area (Å²) in [5.74, 6) is 0. The van der Waals surface area contributed by atoms with Crippen LogP contribution in [0.2, 0.25) is 0 Å². The van der Waals surface area contributed by atoms with Crippen LogP contribution in [0.5, 0.6) is 0 Å². The number of hydrogen-bond donors (Lipinski definition) is 2. The maximum absolute atomic E-state index is 11.6. The van der Waals surface area contributed by atoms with Gasteiger partial charge in [0, 0.05) is 10.1 Å². The second-order valence-electron chi connectivity index (χ2n) is 5.55. The Kier molecular flexibility index (Phi) is 3.93. The van der Waals surface area contributed by atoms with E-state index in [1.807, 2.05) is 11.0 Å². The predicted octanol–water partition coefficient (Wildman–Crippen LogP) is 1.41. The minimum atomic E-state index is -3.37. The van der Waals surface area contributed by atoms with Crippen LogP contribution in [0.4, 0.5) is 16.2 Å². The molecule has 0 aromatic heterocycles. The van der Waals surface area contributed by atoms with E-state index in [4.69, 9.17) is 18.0 Å². The average Bonchev–Trinajstić information content (AvgIpc) is 2.77. The lowest BCUT2D eigenvalue weighted by atomic mass is 10.1. The molecule has 7 nitrogen and oxygen atoms in total. The monoisotopic (exact) mass is 372 g/mol. The van der Waals surface area contributed by atoms with E-state index in [9.17, 15) is 13.2 Å². The number of fused-ring (bicyclic) bond motifs is 3. The van der Waals surface area contributed by atoms with E-state index in [0.29, 0.717) is 17.3 Å². The van der Waals surface area contributed by atoms with Gasteiger partial charge in [-0.25, -0.2) is 13.2 Å². The van der Waals surface area contributed by atoms with Crippen molar-refractivity contribution >= 4 is 56.5 Å². The Morgan fingerprint density at radius 3 is 2.78 bits per heavy atom. The van der Waals surface area contributed by atoms with Crippen molar-refractivity contribution in [1.82, 2.24) is 4.90 Å². The van der Waals surface area contributed by atoms with E-state index < -0.39 is 16.1 Å². The smallest absolute Gasteiger partial charge is 0.321 e. The summed E-state index contributed by atoms with van der Waals surface area (Å²) in [6.45, 7) is 2.51. The molecule has 2 atom stereocenters. The van der Waals surface area contributed by atoms with Crippen molar-refractivity contribution in [3.05, 3.63) is 18.2 Å². The van der Waals surface area contributed by atoms with Gasteiger partial charge in [-0.05, 0) is 30.4 Å². The second kappa shape index (κ2) is 5.53. The first-order valence-corrected chi connectivity index (χ1v) is 10.0. The third-order valence-electron chi connectivity index (χ3n) is 3.78. The number of rotatable bonds is 2. The molecule has 0 bridgehead atoms. The molecule has 1 aromatic rings. The summed E-state index contributed by atoms with van der Waals surface area (Å²) in [5.41, 5.74) is 6.65. The second-order valence-corrected chi connectivity index (χ2v) is 9.08. The van der Waals surface area contributed by atoms with E-state index in [1.54, 1.807) is 23.9 Å². The average molecular weight is 372 g/mol. The van der Waals surface area contributed by atoms with Crippen molar-refractivity contribution in [2.75, 3.05) is 22.4 Å². The number of nitrogens with zero attached hydrogens (tertiary/aromatic N) is 2. The van der Waals surface area contributed by atoms with Crippen molar-refractivity contribution < 1.29 is 13.2 Å². The van der Waals surface area contributed by atoms with Crippen LogP contribution in [0.1, 0.15) is 6.92 Å². The predicted molar refractivity (Wildman–Crippen MR) is 95.4 cm³/mol. The number of hydrogen-bond acceptors (Lipinski definition) is 5. The summed E-state index contributed by atoms with van der Waals surface area (Å²) >= 11 is 7.07. The summed E-state index contributed by atoms with van der Waals surface area (Å²) in [6, 6.07) is 4.74. The van der Waals surface area contributed by atoms with E-state index in [1.165, 1.54) is 4.90 Å². The summed E-state index contributed by atoms with van der Waals surface area (Å²) < 4.78 is 25.3. The Bertz CT molecular complexity index is 796. The molecule has 2 aliphatic rings. The van der Waals surface area contributed by atoms with Gasteiger partial charge in [-0.1, -0.05) is 6.92 Å². The number of carbonyl (C=O) groups excluding carboxylic acids is 1. The number of carbonyl (C=O) groups is 1. The van der Waals surface area contributed by atoms with Crippen LogP contribution in [0, 0.1) is 0 Å². The zero-order valence-electron chi connectivity index (χ0n) is 12.5. The third kappa shape index (κ3) is 2.98. The molecule has 3 rings (SSSR count). The molecule has 124 valence electrons. The standard InChI is InChI=1S/C13H16N4O3S3/c1-7-10-6-16(12(14)18)13(21)17(10)9-5-8(15-23(2,19)20)3-4-11(9)22-7/h3-5,7,10,15H,6H2,1-2H3,(H2,14,18). The number of sulfonamides is 1.